The van der Waals surface area contributed by atoms with E-state index in [1.54, 1.807) is 7.11 Å². The molecule has 1 aromatic heterocycles. The number of methoxy groups -OCH3 is 1. The van der Waals surface area contributed by atoms with Gasteiger partial charge in [0.25, 0.3) is 0 Å². The summed E-state index contributed by atoms with van der Waals surface area (Å²) in [6.07, 6.45) is 4.26. The van der Waals surface area contributed by atoms with Gasteiger partial charge >= 0.3 is 11.9 Å². The summed E-state index contributed by atoms with van der Waals surface area (Å²) >= 11 is 0. The Labute approximate surface area is 140 Å². The van der Waals surface area contributed by atoms with Gasteiger partial charge in [0, 0.05) is 35.8 Å². The first-order valence-electron chi connectivity index (χ1n) is 7.26. The topological polar surface area (TPSA) is 103 Å². The molecule has 0 bridgehead atoms. The van der Waals surface area contributed by atoms with Gasteiger partial charge in [-0.1, -0.05) is 0 Å². The number of carbonyl (C=O) groups is 2. The van der Waals surface area contributed by atoms with Crippen molar-refractivity contribution in [1.82, 2.24) is 9.88 Å². The Kier molecular flexibility index (Phi) is 7.51. The number of aromatic amines is 1. The normalized spacial score (nSPS) is 10.7. The Morgan fingerprint density at radius 3 is 2.33 bits per heavy atom. The van der Waals surface area contributed by atoms with Crippen molar-refractivity contribution in [3.63, 3.8) is 0 Å². The molecule has 0 aliphatic carbocycles. The minimum Gasteiger partial charge on any atom is -0.497 e. The van der Waals surface area contributed by atoms with E-state index < -0.39 is 11.9 Å². The lowest BCUT2D eigenvalue weighted by Gasteiger charge is -2.08. The quantitative estimate of drug-likeness (QED) is 0.698. The number of nitrogens with one attached hydrogen (secondary N) is 1. The number of carboxylic acids is 2. The summed E-state index contributed by atoms with van der Waals surface area (Å²) in [6, 6.07) is 6.14. The third-order valence-corrected chi connectivity index (χ3v) is 3.17. The van der Waals surface area contributed by atoms with E-state index in [0.717, 1.165) is 18.7 Å². The van der Waals surface area contributed by atoms with Gasteiger partial charge in [0.2, 0.25) is 0 Å². The number of rotatable bonds is 6. The zero-order valence-electron chi connectivity index (χ0n) is 13.9. The molecule has 2 rings (SSSR count). The summed E-state index contributed by atoms with van der Waals surface area (Å²) in [4.78, 5) is 24.6. The summed E-state index contributed by atoms with van der Waals surface area (Å²) in [5, 5.41) is 16.9. The molecule has 3 N–H and O–H groups in total. The van der Waals surface area contributed by atoms with Crippen LogP contribution in [0.1, 0.15) is 5.56 Å². The Balaban J connectivity index is 0.000000307. The molecule has 0 radical (unpaired) electrons. The summed E-state index contributed by atoms with van der Waals surface area (Å²) in [6.45, 7) is 1.06. The molecule has 0 saturated heterocycles. The van der Waals surface area contributed by atoms with Gasteiger partial charge in [0.15, 0.2) is 0 Å². The number of carboxylic acid groups (broad SMARTS) is 2. The number of aromatic nitrogens is 1. The van der Waals surface area contributed by atoms with Crippen LogP contribution in [0.4, 0.5) is 0 Å². The van der Waals surface area contributed by atoms with Crippen LogP contribution < -0.4 is 4.74 Å². The van der Waals surface area contributed by atoms with Crippen LogP contribution in [0.25, 0.3) is 10.9 Å². The van der Waals surface area contributed by atoms with Crippen molar-refractivity contribution in [2.45, 2.75) is 6.42 Å². The first kappa shape index (κ1) is 19.2. The van der Waals surface area contributed by atoms with E-state index in [-0.39, 0.29) is 0 Å². The maximum absolute atomic E-state index is 9.55. The second-order valence-electron chi connectivity index (χ2n) is 5.29. The highest BCUT2D eigenvalue weighted by atomic mass is 16.5. The van der Waals surface area contributed by atoms with Crippen molar-refractivity contribution in [1.29, 1.82) is 0 Å². The fourth-order valence-corrected chi connectivity index (χ4v) is 1.98. The second-order valence-corrected chi connectivity index (χ2v) is 5.29. The molecule has 24 heavy (non-hydrogen) atoms. The number of fused-ring (bicyclic) bond motifs is 1. The monoisotopic (exact) mass is 334 g/mol. The number of hydrogen-bond acceptors (Lipinski definition) is 4. The SMILES string of the molecule is COc1ccc2[nH]cc(CCN(C)C)c2c1.O=C(O)C=CC(=O)O. The van der Waals surface area contributed by atoms with E-state index in [0.29, 0.717) is 12.2 Å². The molecule has 0 amide bonds. The Bertz CT molecular complexity index is 703. The summed E-state index contributed by atoms with van der Waals surface area (Å²) in [7, 11) is 5.89. The van der Waals surface area contributed by atoms with Crippen LogP contribution in [0, 0.1) is 0 Å². The first-order valence-corrected chi connectivity index (χ1v) is 7.26. The highest BCUT2D eigenvalue weighted by molar-refractivity contribution is 5.89. The second kappa shape index (κ2) is 9.36. The summed E-state index contributed by atoms with van der Waals surface area (Å²) in [5.74, 6) is -1.60. The molecule has 0 unspecified atom stereocenters. The minimum absolute atomic E-state index is 0.558. The summed E-state index contributed by atoms with van der Waals surface area (Å²) < 4.78 is 5.25. The largest absolute Gasteiger partial charge is 0.497 e. The van der Waals surface area contributed by atoms with Crippen LogP contribution in [0.5, 0.6) is 5.75 Å². The van der Waals surface area contributed by atoms with E-state index in [1.807, 2.05) is 6.07 Å². The lowest BCUT2D eigenvalue weighted by atomic mass is 10.1. The van der Waals surface area contributed by atoms with E-state index in [4.69, 9.17) is 14.9 Å². The van der Waals surface area contributed by atoms with Gasteiger partial charge in [0.05, 0.1) is 7.11 Å². The van der Waals surface area contributed by atoms with Crippen molar-refractivity contribution in [2.24, 2.45) is 0 Å². The maximum atomic E-state index is 9.55. The molecule has 1 heterocycles. The molecule has 0 saturated carbocycles. The lowest BCUT2D eigenvalue weighted by molar-refractivity contribution is -0.134. The lowest BCUT2D eigenvalue weighted by Crippen LogP contribution is -2.14. The van der Waals surface area contributed by atoms with Crippen LogP contribution in [-0.4, -0.2) is 59.8 Å². The molecule has 7 nitrogen and oxygen atoms in total. The molecular formula is C17H22N2O5. The van der Waals surface area contributed by atoms with Crippen LogP contribution in [0.15, 0.2) is 36.5 Å². The third kappa shape index (κ3) is 6.53. The predicted octanol–water partition coefficient (Wildman–Crippen LogP) is 1.99. The number of aliphatic carboxylic acids is 2. The van der Waals surface area contributed by atoms with Crippen molar-refractivity contribution >= 4 is 22.8 Å². The molecule has 0 fully saturated rings. The van der Waals surface area contributed by atoms with Crippen molar-refractivity contribution < 1.29 is 24.5 Å². The zero-order chi connectivity index (χ0) is 18.1. The van der Waals surface area contributed by atoms with E-state index >= 15 is 0 Å². The molecule has 0 aliphatic rings. The number of likely N-dealkylation sites (N-methyl/N-ethyl adjacent to an activating group) is 1. The average molecular weight is 334 g/mol. The van der Waals surface area contributed by atoms with Crippen LogP contribution in [0.2, 0.25) is 0 Å². The van der Waals surface area contributed by atoms with E-state index in [2.05, 4.69) is 42.3 Å². The minimum atomic E-state index is -1.26. The third-order valence-electron chi connectivity index (χ3n) is 3.17. The standard InChI is InChI=1S/C13H18N2O.C4H4O4/c1-15(2)7-6-10-9-14-13-5-4-11(16-3)8-12(10)13;5-3(6)1-2-4(7)8/h4-5,8-9,14H,6-7H2,1-3H3;1-2H,(H,5,6)(H,7,8). The maximum Gasteiger partial charge on any atom is 0.328 e. The number of nitrogens with zero attached hydrogens (tertiary/aromatic N) is 1. The number of hydrogen-bond donors (Lipinski definition) is 3. The smallest absolute Gasteiger partial charge is 0.328 e. The summed E-state index contributed by atoms with van der Waals surface area (Å²) in [5.41, 5.74) is 2.53. The Morgan fingerprint density at radius 1 is 1.21 bits per heavy atom. The fourth-order valence-electron chi connectivity index (χ4n) is 1.98. The Morgan fingerprint density at radius 2 is 1.83 bits per heavy atom. The van der Waals surface area contributed by atoms with Gasteiger partial charge in [-0.25, -0.2) is 9.59 Å². The number of H-pyrrole nitrogens is 1. The van der Waals surface area contributed by atoms with Crippen LogP contribution >= 0.6 is 0 Å². The van der Waals surface area contributed by atoms with Gasteiger partial charge in [0.1, 0.15) is 5.75 Å². The number of ether oxygens (including phenoxy) is 1. The van der Waals surface area contributed by atoms with Gasteiger partial charge < -0.3 is 24.8 Å². The van der Waals surface area contributed by atoms with Gasteiger partial charge in [-0.3, -0.25) is 0 Å². The van der Waals surface area contributed by atoms with Crippen LogP contribution in [-0.2, 0) is 16.0 Å². The average Bonchev–Trinajstić information content (AvgIpc) is 2.93. The fraction of sp³-hybridized carbons (Fsp3) is 0.294. The molecule has 0 atom stereocenters. The first-order chi connectivity index (χ1) is 11.3. The van der Waals surface area contributed by atoms with E-state index in [9.17, 15) is 9.59 Å². The molecule has 7 heteroatoms. The van der Waals surface area contributed by atoms with Gasteiger partial charge in [-0.2, -0.15) is 0 Å². The van der Waals surface area contributed by atoms with Gasteiger partial charge in [-0.15, -0.1) is 0 Å². The van der Waals surface area contributed by atoms with Crippen molar-refractivity contribution in [3.05, 3.63) is 42.1 Å². The Hall–Kier alpha value is -2.80. The molecule has 0 aliphatic heterocycles. The highest BCUT2D eigenvalue weighted by Crippen LogP contribution is 2.23. The van der Waals surface area contributed by atoms with Crippen LogP contribution in [0.3, 0.4) is 0 Å². The molecule has 130 valence electrons. The van der Waals surface area contributed by atoms with Crippen molar-refractivity contribution in [3.8, 4) is 5.75 Å². The highest BCUT2D eigenvalue weighted by Gasteiger charge is 2.05. The predicted molar refractivity (Wildman–Crippen MR) is 91.5 cm³/mol. The molecule has 1 aromatic carbocycles. The molecular weight excluding hydrogens is 312 g/mol. The number of benzene rings is 1. The zero-order valence-corrected chi connectivity index (χ0v) is 13.9. The van der Waals surface area contributed by atoms with Gasteiger partial charge in [-0.05, 0) is 44.3 Å². The molecule has 2 aromatic rings. The van der Waals surface area contributed by atoms with Crippen molar-refractivity contribution in [2.75, 3.05) is 27.7 Å². The van der Waals surface area contributed by atoms with E-state index in [1.165, 1.54) is 16.5 Å². The molecule has 0 spiro atoms.